The molecule has 1 aromatic carbocycles. The maximum absolute atomic E-state index is 11.9. The fourth-order valence-corrected chi connectivity index (χ4v) is 2.62. The van der Waals surface area contributed by atoms with Gasteiger partial charge in [-0.3, -0.25) is 19.7 Å². The second kappa shape index (κ2) is 4.93. The Labute approximate surface area is 116 Å². The highest BCUT2D eigenvalue weighted by Crippen LogP contribution is 2.24. The Kier molecular flexibility index (Phi) is 3.11. The summed E-state index contributed by atoms with van der Waals surface area (Å²) in [4.78, 5) is 34.3. The first-order valence-electron chi connectivity index (χ1n) is 5.66. The second-order valence-electron chi connectivity index (χ2n) is 4.07. The van der Waals surface area contributed by atoms with Gasteiger partial charge in [0, 0.05) is 6.42 Å². The van der Waals surface area contributed by atoms with Gasteiger partial charge in [0.1, 0.15) is 10.8 Å². The summed E-state index contributed by atoms with van der Waals surface area (Å²) in [5.74, 6) is -0.834. The van der Waals surface area contributed by atoms with Crippen molar-refractivity contribution < 1.29 is 19.0 Å². The van der Waals surface area contributed by atoms with E-state index in [1.807, 2.05) is 0 Å². The van der Waals surface area contributed by atoms with Crippen molar-refractivity contribution in [1.82, 2.24) is 15.6 Å². The molecule has 1 aliphatic rings. The minimum absolute atomic E-state index is 0.0933. The maximum Gasteiger partial charge on any atom is 0.286 e. The minimum Gasteiger partial charge on any atom is -0.324 e. The number of fused-ring (bicyclic) bond motifs is 1. The number of nitrogens with one attached hydrogen (secondary N) is 2. The maximum atomic E-state index is 11.9. The summed E-state index contributed by atoms with van der Waals surface area (Å²) < 4.78 is 4.59. The molecule has 0 spiro atoms. The van der Waals surface area contributed by atoms with Gasteiger partial charge in [-0.1, -0.05) is 17.8 Å². The fourth-order valence-electron chi connectivity index (χ4n) is 1.80. The van der Waals surface area contributed by atoms with E-state index < -0.39 is 16.4 Å². The van der Waals surface area contributed by atoms with Crippen LogP contribution in [-0.4, -0.2) is 32.6 Å². The fraction of sp³-hybridized carbons (Fsp3) is 0.182. The summed E-state index contributed by atoms with van der Waals surface area (Å²) in [6, 6.07) is 5.04. The van der Waals surface area contributed by atoms with Crippen LogP contribution in [0.15, 0.2) is 22.8 Å². The third-order valence-corrected chi connectivity index (χ3v) is 3.68. The number of hydrogen-bond acceptors (Lipinski definition) is 7. The molecule has 20 heavy (non-hydrogen) atoms. The lowest BCUT2D eigenvalue weighted by Gasteiger charge is -2.07. The van der Waals surface area contributed by atoms with Gasteiger partial charge < -0.3 is 5.32 Å². The predicted molar refractivity (Wildman–Crippen MR) is 70.0 cm³/mol. The number of anilines is 1. The Bertz CT molecular complexity index is 713. The number of imide groups is 1. The van der Waals surface area contributed by atoms with Gasteiger partial charge in [-0.2, -0.15) is 0 Å². The van der Waals surface area contributed by atoms with Crippen LogP contribution >= 0.6 is 11.8 Å². The van der Waals surface area contributed by atoms with Crippen molar-refractivity contribution in [3.8, 4) is 0 Å². The van der Waals surface area contributed by atoms with E-state index in [1.54, 1.807) is 18.2 Å². The summed E-state index contributed by atoms with van der Waals surface area (Å²) in [7, 11) is 0. The first kappa shape index (κ1) is 12.6. The SMILES string of the molecule is O=C(CC1SC(=O)NC1=O)Nc1cccc2nonc12. The molecule has 8 nitrogen and oxygen atoms in total. The number of hydrogen-bond donors (Lipinski definition) is 2. The standard InChI is InChI=1S/C11H8N4O4S/c16-8(4-7-10(17)13-11(18)20-7)12-5-2-1-3-6-9(5)15-19-14-6/h1-3,7H,4H2,(H,12,16)(H,13,17,18). The summed E-state index contributed by atoms with van der Waals surface area (Å²) in [6.07, 6.45) is -0.0933. The first-order valence-corrected chi connectivity index (χ1v) is 6.54. The Morgan fingerprint density at radius 1 is 1.40 bits per heavy atom. The summed E-state index contributed by atoms with van der Waals surface area (Å²) in [6.45, 7) is 0. The van der Waals surface area contributed by atoms with E-state index in [4.69, 9.17) is 0 Å². The number of aromatic nitrogens is 2. The molecule has 0 aliphatic carbocycles. The lowest BCUT2D eigenvalue weighted by Crippen LogP contribution is -2.27. The van der Waals surface area contributed by atoms with Gasteiger partial charge in [-0.25, -0.2) is 4.63 Å². The van der Waals surface area contributed by atoms with E-state index in [9.17, 15) is 14.4 Å². The molecular formula is C11H8N4O4S. The molecule has 1 aromatic heterocycles. The third-order valence-electron chi connectivity index (χ3n) is 2.70. The van der Waals surface area contributed by atoms with Crippen LogP contribution in [0.4, 0.5) is 10.5 Å². The monoisotopic (exact) mass is 292 g/mol. The minimum atomic E-state index is -0.697. The topological polar surface area (TPSA) is 114 Å². The van der Waals surface area contributed by atoms with Gasteiger partial charge in [-0.05, 0) is 22.4 Å². The van der Waals surface area contributed by atoms with Crippen LogP contribution in [0.1, 0.15) is 6.42 Å². The van der Waals surface area contributed by atoms with Crippen LogP contribution in [0, 0.1) is 0 Å². The summed E-state index contributed by atoms with van der Waals surface area (Å²) in [5.41, 5.74) is 1.40. The van der Waals surface area contributed by atoms with E-state index in [2.05, 4.69) is 25.6 Å². The summed E-state index contributed by atoms with van der Waals surface area (Å²) >= 11 is 0.811. The van der Waals surface area contributed by atoms with E-state index in [1.165, 1.54) is 0 Å². The van der Waals surface area contributed by atoms with E-state index in [0.717, 1.165) is 11.8 Å². The zero-order valence-corrected chi connectivity index (χ0v) is 10.8. The third kappa shape index (κ3) is 2.35. The molecule has 102 valence electrons. The Morgan fingerprint density at radius 2 is 2.25 bits per heavy atom. The van der Waals surface area contributed by atoms with Crippen molar-refractivity contribution in [3.05, 3.63) is 18.2 Å². The summed E-state index contributed by atoms with van der Waals surface area (Å²) in [5, 5.41) is 11.0. The number of thioether (sulfide) groups is 1. The molecule has 1 saturated heterocycles. The zero-order chi connectivity index (χ0) is 14.1. The number of carbonyl (C=O) groups is 3. The highest BCUT2D eigenvalue weighted by Gasteiger charge is 2.33. The van der Waals surface area contributed by atoms with Crippen molar-refractivity contribution in [2.24, 2.45) is 0 Å². The molecule has 2 N–H and O–H groups in total. The van der Waals surface area contributed by atoms with Crippen LogP contribution in [0.3, 0.4) is 0 Å². The van der Waals surface area contributed by atoms with Crippen molar-refractivity contribution in [1.29, 1.82) is 0 Å². The van der Waals surface area contributed by atoms with Gasteiger partial charge in [-0.15, -0.1) is 0 Å². The zero-order valence-electron chi connectivity index (χ0n) is 9.95. The van der Waals surface area contributed by atoms with Crippen molar-refractivity contribution >= 4 is 45.5 Å². The number of nitrogens with zero attached hydrogens (tertiary/aromatic N) is 2. The van der Waals surface area contributed by atoms with Crippen LogP contribution in [0.25, 0.3) is 11.0 Å². The van der Waals surface area contributed by atoms with Crippen LogP contribution in [0.5, 0.6) is 0 Å². The molecule has 9 heteroatoms. The highest BCUT2D eigenvalue weighted by atomic mass is 32.2. The Morgan fingerprint density at radius 3 is 3.00 bits per heavy atom. The van der Waals surface area contributed by atoms with Gasteiger partial charge in [0.05, 0.1) is 5.69 Å². The molecule has 3 amide bonds. The molecule has 1 atom stereocenters. The first-order chi connectivity index (χ1) is 9.63. The average Bonchev–Trinajstić information content (AvgIpc) is 2.97. The van der Waals surface area contributed by atoms with Gasteiger partial charge >= 0.3 is 0 Å². The molecule has 2 aromatic rings. The Hall–Kier alpha value is -2.42. The van der Waals surface area contributed by atoms with Gasteiger partial charge in [0.15, 0.2) is 5.52 Å². The molecule has 1 aliphatic heterocycles. The van der Waals surface area contributed by atoms with Gasteiger partial charge in [0.2, 0.25) is 11.8 Å². The molecule has 1 fully saturated rings. The molecular weight excluding hydrogens is 284 g/mol. The number of carbonyl (C=O) groups excluding carboxylic acids is 3. The highest BCUT2D eigenvalue weighted by molar-refractivity contribution is 8.15. The second-order valence-corrected chi connectivity index (χ2v) is 5.25. The van der Waals surface area contributed by atoms with E-state index in [-0.39, 0.29) is 12.3 Å². The quantitative estimate of drug-likeness (QED) is 0.863. The molecule has 3 rings (SSSR count). The predicted octanol–water partition coefficient (Wildman–Crippen LogP) is 0.903. The van der Waals surface area contributed by atoms with E-state index in [0.29, 0.717) is 16.7 Å². The van der Waals surface area contributed by atoms with Crippen molar-refractivity contribution in [2.75, 3.05) is 5.32 Å². The van der Waals surface area contributed by atoms with Crippen molar-refractivity contribution in [2.45, 2.75) is 11.7 Å². The van der Waals surface area contributed by atoms with Crippen LogP contribution in [-0.2, 0) is 9.59 Å². The molecule has 0 bridgehead atoms. The largest absolute Gasteiger partial charge is 0.324 e. The van der Waals surface area contributed by atoms with Gasteiger partial charge in [0.25, 0.3) is 5.24 Å². The normalized spacial score (nSPS) is 18.3. The number of rotatable bonds is 3. The number of amides is 3. The molecule has 0 saturated carbocycles. The smallest absolute Gasteiger partial charge is 0.286 e. The van der Waals surface area contributed by atoms with Crippen LogP contribution < -0.4 is 10.6 Å². The molecule has 1 unspecified atom stereocenters. The lowest BCUT2D eigenvalue weighted by atomic mass is 10.2. The van der Waals surface area contributed by atoms with E-state index >= 15 is 0 Å². The van der Waals surface area contributed by atoms with Crippen LogP contribution in [0.2, 0.25) is 0 Å². The molecule has 2 heterocycles. The lowest BCUT2D eigenvalue weighted by molar-refractivity contribution is -0.122. The average molecular weight is 292 g/mol. The molecule has 0 radical (unpaired) electrons. The number of benzene rings is 1. The Balaban J connectivity index is 1.72. The van der Waals surface area contributed by atoms with Crippen molar-refractivity contribution in [3.63, 3.8) is 0 Å².